The number of rotatable bonds is 6. The first-order chi connectivity index (χ1) is 65.5. The molecule has 0 amide bonds. The van der Waals surface area contributed by atoms with Crippen LogP contribution in [-0.2, 0) is 84.7 Å². The van der Waals surface area contributed by atoms with E-state index in [9.17, 15) is 4.79 Å². The van der Waals surface area contributed by atoms with Gasteiger partial charge >= 0.3 is 25.9 Å². The maximum Gasteiger partial charge on any atom is 3.00 e. The number of imidazole rings is 2. The monoisotopic (exact) mass is 2260 g/mol. The molecule has 3 aliphatic rings. The number of aliphatic hydroxyl groups excluding tert-OH is 1. The normalized spacial score (nSPS) is 12.1. The van der Waals surface area contributed by atoms with Gasteiger partial charge in [0.15, 0.2) is 35.3 Å². The van der Waals surface area contributed by atoms with Crippen LogP contribution in [0.4, 0.5) is 0 Å². The molecule has 11 nitrogen and oxygen atoms in total. The molecular weight excluding hydrogens is 2170 g/mol. The Morgan fingerprint density at radius 3 is 1.82 bits per heavy atom. The zero-order chi connectivity index (χ0) is 92.0. The van der Waals surface area contributed by atoms with Crippen LogP contribution in [0.5, 0.6) is 0 Å². The second-order valence-electron chi connectivity index (χ2n) is 30.3. The summed E-state index contributed by atoms with van der Waals surface area (Å²) in [5.41, 5.74) is 23.0. The predicted molar refractivity (Wildman–Crippen MR) is 519 cm³/mol. The second kappa shape index (κ2) is 41.5. The van der Waals surface area contributed by atoms with Crippen LogP contribution in [-0.4, -0.2) is 39.8 Å². The smallest absolute Gasteiger partial charge is 0.512 e. The summed E-state index contributed by atoms with van der Waals surface area (Å²) in [5, 5.41) is 17.9. The number of carbonyl (C=O) groups is 1. The molecule has 12 heterocycles. The summed E-state index contributed by atoms with van der Waals surface area (Å²) in [6.45, 7) is 7.80. The van der Waals surface area contributed by atoms with Gasteiger partial charge in [-0.15, -0.1) is 131 Å². The molecule has 14 aromatic carbocycles. The molecule has 634 valence electrons. The van der Waals surface area contributed by atoms with Crippen LogP contribution in [0.3, 0.4) is 0 Å². The largest absolute Gasteiger partial charge is 3.00 e. The van der Waals surface area contributed by atoms with E-state index >= 15 is 0 Å². The molecule has 3 aliphatic heterocycles. The summed E-state index contributed by atoms with van der Waals surface area (Å²) in [7, 11) is 0. The number of fused-ring (bicyclic) bond motifs is 20. The van der Waals surface area contributed by atoms with Gasteiger partial charge in [-0.1, -0.05) is 180 Å². The van der Waals surface area contributed by atoms with Crippen molar-refractivity contribution in [2.45, 2.75) is 40.4 Å². The molecule has 9 aromatic heterocycles. The number of hydrogen-bond acceptors (Lipinski definition) is 8. The van der Waals surface area contributed by atoms with Crippen LogP contribution in [0, 0.1) is 37.3 Å². The fraction of sp³-hybridized carbons (Fsp3) is 0.0526. The van der Waals surface area contributed by atoms with Crippen LogP contribution >= 0.6 is 22.7 Å². The number of hydrogen-bond donors (Lipinski definition) is 1. The van der Waals surface area contributed by atoms with E-state index in [1.807, 2.05) is 157 Å². The van der Waals surface area contributed by atoms with E-state index in [2.05, 4.69) is 287 Å². The Morgan fingerprint density at radius 1 is 0.462 bits per heavy atom. The van der Waals surface area contributed by atoms with Gasteiger partial charge in [-0.2, -0.15) is 56.7 Å². The summed E-state index contributed by atoms with van der Waals surface area (Å²) in [6, 6.07) is 128. The number of para-hydroxylation sites is 6. The van der Waals surface area contributed by atoms with E-state index in [0.29, 0.717) is 0 Å². The summed E-state index contributed by atoms with van der Waals surface area (Å²) in [4.78, 5) is 27.4. The number of pyridine rings is 4. The van der Waals surface area contributed by atoms with E-state index < -0.39 is 12.1 Å². The number of nitrogens with zero attached hydrogens (tertiary/aromatic N) is 9. The minimum atomic E-state index is -0.443. The average molecular weight is 2260 g/mol. The second-order valence-corrected chi connectivity index (χ2v) is 32.4. The number of thiophene rings is 2. The van der Waals surface area contributed by atoms with E-state index in [-0.39, 0.29) is 113 Å². The molecule has 0 aliphatic carbocycles. The first kappa shape index (κ1) is 80.7. The molecular formula is C114H83Ir3N9O2S2+. The van der Waals surface area contributed by atoms with Crippen LogP contribution in [0.1, 0.15) is 45.8 Å². The van der Waals surface area contributed by atoms with Gasteiger partial charge in [0.25, 0.3) is 5.65 Å². The van der Waals surface area contributed by atoms with Gasteiger partial charge in [-0.3, -0.25) is 9.78 Å². The van der Waals surface area contributed by atoms with Crippen molar-refractivity contribution in [1.82, 2.24) is 28.9 Å². The first-order valence-corrected chi connectivity index (χ1v) is 43.2. The maximum atomic E-state index is 10.0. The summed E-state index contributed by atoms with van der Waals surface area (Å²) >= 11 is 3.75. The first-order valence-electron chi connectivity index (χ1n) is 45.1. The number of benzene rings is 14. The van der Waals surface area contributed by atoms with Crippen LogP contribution in [0.15, 0.2) is 413 Å². The molecule has 130 heavy (non-hydrogen) atoms. The SMILES string of the molecule is CC(=O)C=C(C)O.Cc1cc[n+]2c(n1)-c1ccccc1C2.[2H]c1[c-]c(-c2ncc([2H])c([2H])c2[2H])c([2H])c([2H])c1[2H].[Ir+3].[Ir].[Ir].[c-]1ccccc1-c1[c-]ccc2c1sc1ccccc12.[c-]1ccccc1-c1ccccn1.[c-]1ccccc1-c1nc2ccccc2n1-c1ccccc1.c1cc2c3c(c1)c1ccccc1n1c4ccccc4[n+](c31)C2.c1cc[n+]2c(c1)-c1c(ccc3c1sc1ccccc13)C2. The molecule has 0 fully saturated rings. The Morgan fingerprint density at radius 2 is 1.08 bits per heavy atom. The van der Waals surface area contributed by atoms with Gasteiger partial charge in [0, 0.05) is 145 Å². The van der Waals surface area contributed by atoms with E-state index in [1.54, 1.807) is 6.20 Å². The van der Waals surface area contributed by atoms with Crippen LogP contribution in [0.2, 0.25) is 0 Å². The van der Waals surface area contributed by atoms with Gasteiger partial charge in [0.1, 0.15) is 18.6 Å². The summed E-state index contributed by atoms with van der Waals surface area (Å²) < 4.78 is 69.9. The summed E-state index contributed by atoms with van der Waals surface area (Å²) in [5.74, 6) is 1.95. The van der Waals surface area contributed by atoms with E-state index in [4.69, 9.17) is 19.7 Å². The van der Waals surface area contributed by atoms with Gasteiger partial charge in [-0.05, 0) is 117 Å². The van der Waals surface area contributed by atoms with Gasteiger partial charge in [0.2, 0.25) is 5.69 Å². The molecule has 0 atom stereocenters. The third-order valence-electron chi connectivity index (χ3n) is 22.0. The Bertz CT molecular complexity index is 8390. The number of carbonyl (C=O) groups excluding carboxylic acids is 1. The molecule has 16 heteroatoms. The minimum absolute atomic E-state index is 0. The van der Waals surface area contributed by atoms with Crippen molar-refractivity contribution in [2.24, 2.45) is 0 Å². The maximum absolute atomic E-state index is 10.0. The molecule has 0 spiro atoms. The van der Waals surface area contributed by atoms with Crippen molar-refractivity contribution in [3.63, 3.8) is 0 Å². The van der Waals surface area contributed by atoms with Crippen molar-refractivity contribution in [3.8, 4) is 73.4 Å². The minimum Gasteiger partial charge on any atom is -0.512 e. The van der Waals surface area contributed by atoms with Crippen molar-refractivity contribution in [1.29, 1.82) is 0 Å². The fourth-order valence-corrected chi connectivity index (χ4v) is 19.0. The number of aliphatic hydroxyl groups is 1. The van der Waals surface area contributed by atoms with Gasteiger partial charge < -0.3 is 19.6 Å². The Hall–Kier alpha value is -13.9. The number of aryl methyl sites for hydroxylation is 1. The quantitative estimate of drug-likeness (QED) is 0.0584. The van der Waals surface area contributed by atoms with E-state index in [0.717, 1.165) is 87.8 Å². The topological polar surface area (TPSA) is 110 Å². The van der Waals surface area contributed by atoms with Crippen molar-refractivity contribution in [2.75, 3.05) is 0 Å². The van der Waals surface area contributed by atoms with Gasteiger partial charge in [0.05, 0.1) is 49.4 Å². The zero-order valence-corrected chi connectivity index (χ0v) is 79.3. The number of aromatic nitrogens is 9. The molecule has 0 bridgehead atoms. The van der Waals surface area contributed by atoms with Gasteiger partial charge in [-0.25, -0.2) is 20.3 Å². The molecule has 1 N–H and O–H groups in total. The molecule has 0 saturated carbocycles. The number of ketones is 1. The van der Waals surface area contributed by atoms with Crippen molar-refractivity contribution >= 4 is 118 Å². The summed E-state index contributed by atoms with van der Waals surface area (Å²) in [6.07, 6.45) is 8.31. The third-order valence-corrected chi connectivity index (χ3v) is 24.4. The molecule has 2 radical (unpaired) electrons. The Balaban J connectivity index is 0.000000115. The molecule has 0 saturated heterocycles. The average Bonchev–Trinajstić information content (AvgIpc) is 1.53. The standard InChI is InChI=1S/C20H13N2.C19H13N2.C18H12NS.C18H10S.C12H11N2.2C11H8N.C5H8O2.3Ir/c1-2-9-16-14(7-1)15-8-5-6-13-12-21-17-10-3-4-11-18(17)22(16)20(21)19(13)15;1-3-9-15(10-4-1)19-20-17-13-7-8-14-18(17)21(19)16-11-5-2-6-12-16;1-2-7-16-13(5-1)14-9-8-12-11-19-10-4-3-6-15(19)17(12)18(14)20-16;1-2-7-13(8-3-1)14-10-6-11-16-15-9-4-5-12-17(15)19-18(14)16;1-9-6-7-14-8-10-4-2-3-5-11(10)12(14)13-9;2*1-2-6-10(7-3-1)11-8-4-5-9-12-11;1-4(6)3-5(2)7;;;/h1-11H,12H2;1-9,11-14H;1-10H,11H2;1-7,9,11-12H;2-7H,8H2,1H3;2*1-6,8-9H;3,6H,1-2H3;;;/q+1;-1;+1;-2;+1;2*-1;;;;+3/i;;;;;1D,2D,3D,4D,5D,6D,8D;;;;;. The third kappa shape index (κ3) is 19.0. The predicted octanol–water partition coefficient (Wildman–Crippen LogP) is 26.1. The van der Waals surface area contributed by atoms with Crippen molar-refractivity contribution < 1.29 is 93.5 Å². The van der Waals surface area contributed by atoms with Crippen LogP contribution in [0.25, 0.3) is 163 Å². The molecule has 0 unspecified atom stereocenters. The fourth-order valence-electron chi connectivity index (χ4n) is 16.5. The Labute approximate surface area is 812 Å². The van der Waals surface area contributed by atoms with Crippen LogP contribution < -0.4 is 13.7 Å². The zero-order valence-electron chi connectivity index (χ0n) is 77.5. The van der Waals surface area contributed by atoms with Crippen molar-refractivity contribution in [3.05, 3.63) is 465 Å². The molecule has 26 rings (SSSR count). The molecule has 23 aromatic rings. The number of allylic oxidation sites excluding steroid dienone is 2. The Kier molecular flexibility index (Phi) is 25.8. The van der Waals surface area contributed by atoms with E-state index in [1.165, 1.54) is 132 Å².